The molecular weight excluding hydrogens is 206 g/mol. The van der Waals surface area contributed by atoms with Crippen LogP contribution in [0.5, 0.6) is 0 Å². The van der Waals surface area contributed by atoms with Crippen molar-refractivity contribution in [2.45, 2.75) is 11.3 Å². The van der Waals surface area contributed by atoms with Gasteiger partial charge in [-0.3, -0.25) is 4.79 Å². The molecule has 0 aliphatic heterocycles. The summed E-state index contributed by atoms with van der Waals surface area (Å²) in [6, 6.07) is 5.37. The molecule has 4 heteroatoms. The van der Waals surface area contributed by atoms with Crippen molar-refractivity contribution in [2.75, 3.05) is 11.6 Å². The summed E-state index contributed by atoms with van der Waals surface area (Å²) in [6.07, 6.45) is 0.299. The molecule has 0 unspecified atom stereocenters. The van der Waals surface area contributed by atoms with Crippen molar-refractivity contribution in [2.24, 2.45) is 0 Å². The molecule has 1 aromatic carbocycles. The Kier molecular flexibility index (Phi) is 3.63. The van der Waals surface area contributed by atoms with E-state index in [1.165, 1.54) is 0 Å². The number of hydrogen-bond acceptors (Lipinski definition) is 3. The predicted molar refractivity (Wildman–Crippen MR) is 57.5 cm³/mol. The van der Waals surface area contributed by atoms with E-state index in [2.05, 4.69) is 12.6 Å². The van der Waals surface area contributed by atoms with Crippen LogP contribution in [0.15, 0.2) is 23.1 Å². The van der Waals surface area contributed by atoms with Crippen LogP contribution in [0.2, 0.25) is 0 Å². The second kappa shape index (κ2) is 4.53. The molecule has 0 aliphatic carbocycles. The molecular formula is C9H10ClNOS. The minimum absolute atomic E-state index is 0.0254. The fourth-order valence-electron chi connectivity index (χ4n) is 1.01. The van der Waals surface area contributed by atoms with Gasteiger partial charge in [0, 0.05) is 17.0 Å². The lowest BCUT2D eigenvalue weighted by atomic mass is 10.1. The Bertz CT molecular complexity index is 327. The van der Waals surface area contributed by atoms with Crippen LogP contribution in [-0.4, -0.2) is 11.7 Å². The summed E-state index contributed by atoms with van der Waals surface area (Å²) in [6.45, 7) is 0. The smallest absolute Gasteiger partial charge is 0.151 e. The van der Waals surface area contributed by atoms with Crippen molar-refractivity contribution in [3.8, 4) is 0 Å². The Morgan fingerprint density at radius 1 is 1.54 bits per heavy atom. The van der Waals surface area contributed by atoms with Crippen LogP contribution < -0.4 is 5.73 Å². The maximum atomic E-state index is 11.0. The fraction of sp³-hybridized carbons (Fsp3) is 0.222. The molecule has 0 fully saturated rings. The van der Waals surface area contributed by atoms with Gasteiger partial charge in [-0.15, -0.1) is 24.2 Å². The van der Waals surface area contributed by atoms with Gasteiger partial charge in [-0.05, 0) is 11.6 Å². The van der Waals surface area contributed by atoms with Crippen LogP contribution in [0.25, 0.3) is 0 Å². The summed E-state index contributed by atoms with van der Waals surface area (Å²) < 4.78 is 0. The van der Waals surface area contributed by atoms with E-state index in [0.29, 0.717) is 17.0 Å². The van der Waals surface area contributed by atoms with Crippen LogP contribution in [0.4, 0.5) is 5.69 Å². The first-order valence-electron chi connectivity index (χ1n) is 3.79. The van der Waals surface area contributed by atoms with Crippen LogP contribution in [-0.2, 0) is 11.2 Å². The Labute approximate surface area is 87.5 Å². The molecule has 0 spiro atoms. The highest BCUT2D eigenvalue weighted by atomic mass is 35.5. The largest absolute Gasteiger partial charge is 0.398 e. The number of thiol groups is 1. The van der Waals surface area contributed by atoms with Crippen LogP contribution >= 0.6 is 24.2 Å². The number of rotatable bonds is 3. The van der Waals surface area contributed by atoms with E-state index in [1.54, 1.807) is 12.1 Å². The summed E-state index contributed by atoms with van der Waals surface area (Å²) in [7, 11) is 0. The van der Waals surface area contributed by atoms with Gasteiger partial charge in [0.15, 0.2) is 5.78 Å². The molecule has 0 radical (unpaired) electrons. The molecule has 1 rings (SSSR count). The van der Waals surface area contributed by atoms with Gasteiger partial charge in [-0.25, -0.2) is 0 Å². The molecule has 2 N–H and O–H groups in total. The van der Waals surface area contributed by atoms with Crippen molar-refractivity contribution >= 4 is 35.7 Å². The van der Waals surface area contributed by atoms with E-state index in [4.69, 9.17) is 17.3 Å². The highest BCUT2D eigenvalue weighted by molar-refractivity contribution is 7.80. The van der Waals surface area contributed by atoms with E-state index in [1.807, 2.05) is 6.07 Å². The van der Waals surface area contributed by atoms with Crippen LogP contribution in [0.3, 0.4) is 0 Å². The monoisotopic (exact) mass is 215 g/mol. The number of nitrogen functional groups attached to an aromatic ring is 1. The Morgan fingerprint density at radius 2 is 2.23 bits per heavy atom. The van der Waals surface area contributed by atoms with Crippen LogP contribution in [0, 0.1) is 0 Å². The van der Waals surface area contributed by atoms with Gasteiger partial charge in [-0.2, -0.15) is 0 Å². The minimum Gasteiger partial charge on any atom is -0.398 e. The van der Waals surface area contributed by atoms with E-state index in [0.717, 1.165) is 5.56 Å². The third-order valence-electron chi connectivity index (χ3n) is 1.69. The zero-order chi connectivity index (χ0) is 9.84. The SMILES string of the molecule is Nc1cccc(CC(=O)CCl)c1S. The third-order valence-corrected chi connectivity index (χ3v) is 2.53. The average Bonchev–Trinajstić information content (AvgIpc) is 2.13. The van der Waals surface area contributed by atoms with Gasteiger partial charge in [-0.1, -0.05) is 12.1 Å². The molecule has 1 aromatic rings. The summed E-state index contributed by atoms with van der Waals surface area (Å²) in [5.41, 5.74) is 7.03. The number of benzene rings is 1. The maximum absolute atomic E-state index is 11.0. The molecule has 0 atom stereocenters. The Balaban J connectivity index is 2.89. The zero-order valence-corrected chi connectivity index (χ0v) is 8.61. The second-order valence-electron chi connectivity index (χ2n) is 2.70. The molecule has 13 heavy (non-hydrogen) atoms. The lowest BCUT2D eigenvalue weighted by Gasteiger charge is -2.05. The van der Waals surface area contributed by atoms with E-state index >= 15 is 0 Å². The van der Waals surface area contributed by atoms with Gasteiger partial charge in [0.05, 0.1) is 5.88 Å². The lowest BCUT2D eigenvalue weighted by Crippen LogP contribution is -2.05. The van der Waals surface area contributed by atoms with Gasteiger partial charge >= 0.3 is 0 Å². The molecule has 0 heterocycles. The molecule has 0 amide bonds. The molecule has 0 bridgehead atoms. The number of hydrogen-bond donors (Lipinski definition) is 2. The number of ketones is 1. The number of carbonyl (C=O) groups is 1. The topological polar surface area (TPSA) is 43.1 Å². The van der Waals surface area contributed by atoms with Crippen molar-refractivity contribution in [3.05, 3.63) is 23.8 Å². The standard InChI is InChI=1S/C9H10ClNOS/c10-5-7(12)4-6-2-1-3-8(11)9(6)13/h1-3,13H,4-5,11H2. The van der Waals surface area contributed by atoms with Gasteiger partial charge < -0.3 is 5.73 Å². The Morgan fingerprint density at radius 3 is 2.85 bits per heavy atom. The molecule has 0 saturated carbocycles. The van der Waals surface area contributed by atoms with Crippen molar-refractivity contribution < 1.29 is 4.79 Å². The highest BCUT2D eigenvalue weighted by Crippen LogP contribution is 2.21. The van der Waals surface area contributed by atoms with Crippen molar-refractivity contribution in [1.29, 1.82) is 0 Å². The average molecular weight is 216 g/mol. The number of nitrogens with two attached hydrogens (primary N) is 1. The maximum Gasteiger partial charge on any atom is 0.151 e. The minimum atomic E-state index is -0.0254. The normalized spacial score (nSPS) is 10.0. The Hall–Kier alpha value is -0.670. The first-order chi connectivity index (χ1) is 6.15. The number of Topliss-reactive ketones (excluding diaryl/α,β-unsaturated/α-hetero) is 1. The third kappa shape index (κ3) is 2.64. The number of alkyl halides is 1. The quantitative estimate of drug-likeness (QED) is 0.460. The molecule has 2 nitrogen and oxygen atoms in total. The van der Waals surface area contributed by atoms with Crippen LogP contribution in [0.1, 0.15) is 5.56 Å². The predicted octanol–water partition coefficient (Wildman–Crippen LogP) is 1.91. The van der Waals surface area contributed by atoms with Gasteiger partial charge in [0.25, 0.3) is 0 Å². The van der Waals surface area contributed by atoms with Gasteiger partial charge in [0.2, 0.25) is 0 Å². The molecule has 0 aromatic heterocycles. The highest BCUT2D eigenvalue weighted by Gasteiger charge is 2.06. The zero-order valence-electron chi connectivity index (χ0n) is 6.96. The summed E-state index contributed by atoms with van der Waals surface area (Å²) >= 11 is 9.59. The lowest BCUT2D eigenvalue weighted by molar-refractivity contribution is -0.116. The first kappa shape index (κ1) is 10.4. The molecule has 0 saturated heterocycles. The van der Waals surface area contributed by atoms with Gasteiger partial charge in [0.1, 0.15) is 0 Å². The summed E-state index contributed by atoms with van der Waals surface area (Å²) in [5, 5.41) is 0. The summed E-state index contributed by atoms with van der Waals surface area (Å²) in [4.78, 5) is 11.7. The molecule has 70 valence electrons. The number of halogens is 1. The molecule has 0 aliphatic rings. The van der Waals surface area contributed by atoms with Crippen molar-refractivity contribution in [1.82, 2.24) is 0 Å². The van der Waals surface area contributed by atoms with Crippen molar-refractivity contribution in [3.63, 3.8) is 0 Å². The summed E-state index contributed by atoms with van der Waals surface area (Å²) in [5.74, 6) is 0.00438. The van der Waals surface area contributed by atoms with E-state index in [-0.39, 0.29) is 11.7 Å². The second-order valence-corrected chi connectivity index (χ2v) is 3.42. The number of carbonyl (C=O) groups excluding carboxylic acids is 1. The number of anilines is 1. The van der Waals surface area contributed by atoms with E-state index < -0.39 is 0 Å². The van der Waals surface area contributed by atoms with E-state index in [9.17, 15) is 4.79 Å². The first-order valence-corrected chi connectivity index (χ1v) is 4.77. The fourth-order valence-corrected chi connectivity index (χ4v) is 1.34.